The van der Waals surface area contributed by atoms with Gasteiger partial charge in [-0.2, -0.15) is 0 Å². The average molecular weight is 363 g/mol. The van der Waals surface area contributed by atoms with E-state index >= 15 is 0 Å². The number of aromatic nitrogens is 2. The van der Waals surface area contributed by atoms with Gasteiger partial charge in [0.25, 0.3) is 5.91 Å². The largest absolute Gasteiger partial charge is 0.350 e. The van der Waals surface area contributed by atoms with Crippen molar-refractivity contribution in [3.05, 3.63) is 52.5 Å². The number of carbonyl (C=O) groups is 2. The molecular weight excluding hydrogens is 348 g/mol. The molecule has 0 atom stereocenters. The van der Waals surface area contributed by atoms with Crippen LogP contribution in [0.1, 0.15) is 22.6 Å². The Morgan fingerprint density at radius 2 is 1.86 bits per heavy atom. The maximum Gasteiger partial charge on any atom is 0.271 e. The third-order valence-electron chi connectivity index (χ3n) is 2.78. The highest BCUT2D eigenvalue weighted by Crippen LogP contribution is 2.14. The second kappa shape index (κ2) is 7.65. The number of hydrogen-bond donors (Lipinski definition) is 2. The van der Waals surface area contributed by atoms with Crippen LogP contribution in [0.4, 0.5) is 5.69 Å². The van der Waals surface area contributed by atoms with E-state index in [-0.39, 0.29) is 30.5 Å². The monoisotopic (exact) mass is 362 g/mol. The second-order valence-electron chi connectivity index (χ2n) is 4.60. The fourth-order valence-electron chi connectivity index (χ4n) is 1.65. The molecule has 114 valence electrons. The number of nitrogens with zero attached hydrogens (tertiary/aromatic N) is 2. The predicted octanol–water partition coefficient (Wildman–Crippen LogP) is 2.31. The van der Waals surface area contributed by atoms with Crippen molar-refractivity contribution < 1.29 is 9.59 Å². The molecule has 2 N–H and O–H groups in total. The predicted molar refractivity (Wildman–Crippen MR) is 86.5 cm³/mol. The molecule has 2 aromatic rings. The Balaban J connectivity index is 1.75. The maximum absolute atomic E-state index is 11.8. The summed E-state index contributed by atoms with van der Waals surface area (Å²) in [6.07, 6.45) is 3.11. The van der Waals surface area contributed by atoms with Gasteiger partial charge in [-0.1, -0.05) is 15.9 Å². The zero-order valence-corrected chi connectivity index (χ0v) is 13.6. The van der Waals surface area contributed by atoms with Gasteiger partial charge in [0.2, 0.25) is 5.91 Å². The third kappa shape index (κ3) is 4.92. The molecule has 0 saturated carbocycles. The van der Waals surface area contributed by atoms with Gasteiger partial charge in [0, 0.05) is 29.3 Å². The van der Waals surface area contributed by atoms with Gasteiger partial charge in [-0.05, 0) is 31.2 Å². The van der Waals surface area contributed by atoms with E-state index in [2.05, 4.69) is 36.5 Å². The number of rotatable bonds is 5. The van der Waals surface area contributed by atoms with Crippen molar-refractivity contribution >= 4 is 33.4 Å². The van der Waals surface area contributed by atoms with Gasteiger partial charge in [-0.15, -0.1) is 0 Å². The van der Waals surface area contributed by atoms with Crippen LogP contribution in [0.15, 0.2) is 41.1 Å². The molecule has 0 aliphatic carbocycles. The van der Waals surface area contributed by atoms with Gasteiger partial charge in [-0.25, -0.2) is 4.98 Å². The van der Waals surface area contributed by atoms with E-state index in [1.807, 2.05) is 12.1 Å². The molecular formula is C15H15BrN4O2. The number of anilines is 1. The molecule has 0 saturated heterocycles. The SMILES string of the molecule is Cc1cnc(C(=O)NCCC(=O)Nc2ccc(Br)cc2)cn1. The van der Waals surface area contributed by atoms with Gasteiger partial charge in [-0.3, -0.25) is 14.6 Å². The van der Waals surface area contributed by atoms with Gasteiger partial charge in [0.05, 0.1) is 11.9 Å². The lowest BCUT2D eigenvalue weighted by Crippen LogP contribution is -2.28. The van der Waals surface area contributed by atoms with Gasteiger partial charge < -0.3 is 10.6 Å². The second-order valence-corrected chi connectivity index (χ2v) is 5.52. The summed E-state index contributed by atoms with van der Waals surface area (Å²) in [4.78, 5) is 31.5. The molecule has 1 aromatic heterocycles. The van der Waals surface area contributed by atoms with Crippen molar-refractivity contribution in [1.82, 2.24) is 15.3 Å². The van der Waals surface area contributed by atoms with Crippen molar-refractivity contribution in [2.75, 3.05) is 11.9 Å². The quantitative estimate of drug-likeness (QED) is 0.854. The Labute approximate surface area is 136 Å². The summed E-state index contributed by atoms with van der Waals surface area (Å²) in [5, 5.41) is 5.39. The van der Waals surface area contributed by atoms with E-state index in [1.54, 1.807) is 19.1 Å². The number of aryl methyl sites for hydroxylation is 1. The first-order valence-electron chi connectivity index (χ1n) is 6.67. The summed E-state index contributed by atoms with van der Waals surface area (Å²) in [6.45, 7) is 2.03. The number of halogens is 1. The van der Waals surface area contributed by atoms with Crippen molar-refractivity contribution in [2.45, 2.75) is 13.3 Å². The molecule has 2 rings (SSSR count). The summed E-state index contributed by atoms with van der Waals surface area (Å²) >= 11 is 3.32. The summed E-state index contributed by atoms with van der Waals surface area (Å²) in [7, 11) is 0. The standard InChI is InChI=1S/C15H15BrN4O2/c1-10-8-19-13(9-18-10)15(22)17-7-6-14(21)20-12-4-2-11(16)3-5-12/h2-5,8-9H,6-7H2,1H3,(H,17,22)(H,20,21). The van der Waals surface area contributed by atoms with Crippen molar-refractivity contribution in [3.63, 3.8) is 0 Å². The van der Waals surface area contributed by atoms with E-state index in [0.29, 0.717) is 5.69 Å². The molecule has 6 nitrogen and oxygen atoms in total. The molecule has 0 bridgehead atoms. The van der Waals surface area contributed by atoms with Crippen LogP contribution in [0.5, 0.6) is 0 Å². The van der Waals surface area contributed by atoms with Crippen LogP contribution in [-0.4, -0.2) is 28.3 Å². The summed E-state index contributed by atoms with van der Waals surface area (Å²) < 4.78 is 0.942. The van der Waals surface area contributed by atoms with Gasteiger partial charge in [0.15, 0.2) is 0 Å². The maximum atomic E-state index is 11.8. The Morgan fingerprint density at radius 1 is 1.14 bits per heavy atom. The first-order chi connectivity index (χ1) is 10.5. The lowest BCUT2D eigenvalue weighted by Gasteiger charge is -2.06. The smallest absolute Gasteiger partial charge is 0.271 e. The van der Waals surface area contributed by atoms with Crippen LogP contribution < -0.4 is 10.6 Å². The van der Waals surface area contributed by atoms with Gasteiger partial charge in [0.1, 0.15) is 5.69 Å². The molecule has 2 amide bonds. The topological polar surface area (TPSA) is 84.0 Å². The van der Waals surface area contributed by atoms with Crippen LogP contribution in [0.2, 0.25) is 0 Å². The molecule has 7 heteroatoms. The number of nitrogens with one attached hydrogen (secondary N) is 2. The Kier molecular flexibility index (Phi) is 5.60. The van der Waals surface area contributed by atoms with Crippen molar-refractivity contribution in [1.29, 1.82) is 0 Å². The highest BCUT2D eigenvalue weighted by Gasteiger charge is 2.08. The van der Waals surface area contributed by atoms with Crippen molar-refractivity contribution in [2.24, 2.45) is 0 Å². The lowest BCUT2D eigenvalue weighted by atomic mass is 10.3. The average Bonchev–Trinajstić information content (AvgIpc) is 2.50. The van der Waals surface area contributed by atoms with Crippen LogP contribution >= 0.6 is 15.9 Å². The van der Waals surface area contributed by atoms with Crippen molar-refractivity contribution in [3.8, 4) is 0 Å². The molecule has 0 unspecified atom stereocenters. The normalized spacial score (nSPS) is 10.1. The molecule has 0 spiro atoms. The zero-order chi connectivity index (χ0) is 15.9. The van der Waals surface area contributed by atoms with Crippen LogP contribution in [0, 0.1) is 6.92 Å². The molecule has 22 heavy (non-hydrogen) atoms. The molecule has 0 aliphatic heterocycles. The minimum Gasteiger partial charge on any atom is -0.350 e. The van der Waals surface area contributed by atoms with E-state index in [0.717, 1.165) is 10.2 Å². The Hall–Kier alpha value is -2.28. The number of hydrogen-bond acceptors (Lipinski definition) is 4. The number of carbonyl (C=O) groups excluding carboxylic acids is 2. The first-order valence-corrected chi connectivity index (χ1v) is 7.46. The van der Waals surface area contributed by atoms with Crippen LogP contribution in [0.25, 0.3) is 0 Å². The minimum absolute atomic E-state index is 0.169. The molecule has 0 fully saturated rings. The fourth-order valence-corrected chi connectivity index (χ4v) is 1.91. The molecule has 1 heterocycles. The molecule has 1 aromatic carbocycles. The van der Waals surface area contributed by atoms with E-state index in [1.165, 1.54) is 12.4 Å². The van der Waals surface area contributed by atoms with Crippen LogP contribution in [0.3, 0.4) is 0 Å². The summed E-state index contributed by atoms with van der Waals surface area (Å²) in [5.74, 6) is -0.512. The number of benzene rings is 1. The van der Waals surface area contributed by atoms with E-state index < -0.39 is 0 Å². The van der Waals surface area contributed by atoms with Crippen LogP contribution in [-0.2, 0) is 4.79 Å². The Morgan fingerprint density at radius 3 is 2.50 bits per heavy atom. The van der Waals surface area contributed by atoms with E-state index in [4.69, 9.17) is 0 Å². The summed E-state index contributed by atoms with van der Waals surface area (Å²) in [5.41, 5.74) is 1.69. The Bertz CT molecular complexity index is 656. The molecule has 0 aliphatic rings. The van der Waals surface area contributed by atoms with E-state index in [9.17, 15) is 9.59 Å². The first kappa shape index (κ1) is 16.1. The third-order valence-corrected chi connectivity index (χ3v) is 3.31. The molecule has 0 radical (unpaired) electrons. The summed E-state index contributed by atoms with van der Waals surface area (Å²) in [6, 6.07) is 7.27. The highest BCUT2D eigenvalue weighted by atomic mass is 79.9. The lowest BCUT2D eigenvalue weighted by molar-refractivity contribution is -0.116. The minimum atomic E-state index is -0.344. The zero-order valence-electron chi connectivity index (χ0n) is 12.0. The number of amides is 2. The van der Waals surface area contributed by atoms with Gasteiger partial charge >= 0.3 is 0 Å². The fraction of sp³-hybridized carbons (Fsp3) is 0.200. The highest BCUT2D eigenvalue weighted by molar-refractivity contribution is 9.10.